The Morgan fingerprint density at radius 3 is 2.86 bits per heavy atom. The fourth-order valence-corrected chi connectivity index (χ4v) is 3.43. The zero-order chi connectivity index (χ0) is 14.8. The number of thiazole rings is 1. The molecule has 0 unspecified atom stereocenters. The lowest BCUT2D eigenvalue weighted by Gasteiger charge is -2.07. The molecule has 108 valence electrons. The summed E-state index contributed by atoms with van der Waals surface area (Å²) in [5.74, 6) is -0.809. The molecular weight excluding hydrogens is 312 g/mol. The molecule has 1 aliphatic rings. The van der Waals surface area contributed by atoms with Gasteiger partial charge in [-0.15, -0.1) is 0 Å². The van der Waals surface area contributed by atoms with E-state index in [1.807, 2.05) is 24.3 Å². The number of fused-ring (bicyclic) bond motifs is 1. The van der Waals surface area contributed by atoms with Crippen molar-refractivity contribution in [3.8, 4) is 0 Å². The maximum atomic E-state index is 11.7. The Morgan fingerprint density at radius 1 is 1.33 bits per heavy atom. The summed E-state index contributed by atoms with van der Waals surface area (Å²) in [6, 6.07) is 7.61. The minimum atomic E-state index is -0.672. The number of amides is 3. The van der Waals surface area contributed by atoms with Crippen molar-refractivity contribution in [1.29, 1.82) is 0 Å². The third-order valence-electron chi connectivity index (χ3n) is 2.74. The van der Waals surface area contributed by atoms with E-state index in [4.69, 9.17) is 0 Å². The van der Waals surface area contributed by atoms with Crippen LogP contribution in [0.15, 0.2) is 24.3 Å². The zero-order valence-electron chi connectivity index (χ0n) is 10.6. The molecule has 9 heteroatoms. The Kier molecular flexibility index (Phi) is 3.76. The summed E-state index contributed by atoms with van der Waals surface area (Å²) >= 11 is 2.23. The second-order valence-corrected chi connectivity index (χ2v) is 6.45. The van der Waals surface area contributed by atoms with Crippen molar-refractivity contribution < 1.29 is 14.4 Å². The molecule has 0 spiro atoms. The molecular formula is C12H10N4O3S2. The number of hydrazine groups is 1. The van der Waals surface area contributed by atoms with Gasteiger partial charge in [0.2, 0.25) is 16.9 Å². The predicted molar refractivity (Wildman–Crippen MR) is 80.9 cm³/mol. The van der Waals surface area contributed by atoms with Crippen LogP contribution in [0.4, 0.5) is 9.93 Å². The van der Waals surface area contributed by atoms with Crippen LogP contribution in [0.2, 0.25) is 0 Å². The number of carbonyl (C=O) groups excluding carboxylic acids is 3. The quantitative estimate of drug-likeness (QED) is 0.737. The predicted octanol–water partition coefficient (Wildman–Crippen LogP) is 1.48. The van der Waals surface area contributed by atoms with Crippen LogP contribution in [0.3, 0.4) is 0 Å². The number of thioether (sulfide) groups is 1. The van der Waals surface area contributed by atoms with Gasteiger partial charge >= 0.3 is 0 Å². The van der Waals surface area contributed by atoms with Crippen LogP contribution in [0, 0.1) is 0 Å². The van der Waals surface area contributed by atoms with Crippen molar-refractivity contribution in [2.45, 2.75) is 11.7 Å². The minimum Gasteiger partial charge on any atom is -0.286 e. The first-order valence-corrected chi connectivity index (χ1v) is 7.73. The largest absolute Gasteiger partial charge is 0.286 e. The summed E-state index contributed by atoms with van der Waals surface area (Å²) in [6.45, 7) is 0. The normalized spacial score (nSPS) is 17.8. The number of aromatic nitrogens is 1. The van der Waals surface area contributed by atoms with Gasteiger partial charge in [-0.2, -0.15) is 0 Å². The Labute approximate surface area is 127 Å². The first kappa shape index (κ1) is 13.8. The van der Waals surface area contributed by atoms with Gasteiger partial charge in [0.15, 0.2) is 0 Å². The molecule has 3 N–H and O–H groups in total. The van der Waals surface area contributed by atoms with Gasteiger partial charge < -0.3 is 0 Å². The number of rotatable bonds is 4. The fraction of sp³-hybridized carbons (Fsp3) is 0.167. The minimum absolute atomic E-state index is 0.0693. The van der Waals surface area contributed by atoms with E-state index < -0.39 is 16.4 Å². The number of carbonyl (C=O) groups is 3. The maximum Gasteiger partial charge on any atom is 0.286 e. The summed E-state index contributed by atoms with van der Waals surface area (Å²) in [6.07, 6.45) is -0.0693. The van der Waals surface area contributed by atoms with E-state index in [-0.39, 0.29) is 12.3 Å². The van der Waals surface area contributed by atoms with Crippen molar-refractivity contribution in [3.05, 3.63) is 24.3 Å². The van der Waals surface area contributed by atoms with Crippen molar-refractivity contribution in [3.63, 3.8) is 0 Å². The lowest BCUT2D eigenvalue weighted by Crippen LogP contribution is -2.34. The molecule has 2 aromatic rings. The van der Waals surface area contributed by atoms with Crippen molar-refractivity contribution in [2.24, 2.45) is 0 Å². The van der Waals surface area contributed by atoms with Crippen molar-refractivity contribution in [1.82, 2.24) is 15.7 Å². The molecule has 21 heavy (non-hydrogen) atoms. The first-order chi connectivity index (χ1) is 10.1. The van der Waals surface area contributed by atoms with Crippen LogP contribution in [-0.4, -0.2) is 27.3 Å². The SMILES string of the molecule is O=C(C[C@@H]1SC(=O)NC1=O)NNc1nc2ccccc2s1. The average Bonchev–Trinajstić information content (AvgIpc) is 2.99. The van der Waals surface area contributed by atoms with Gasteiger partial charge in [-0.3, -0.25) is 30.6 Å². The Balaban J connectivity index is 1.56. The molecule has 1 aliphatic heterocycles. The third-order valence-corrected chi connectivity index (χ3v) is 4.67. The van der Waals surface area contributed by atoms with E-state index >= 15 is 0 Å². The van der Waals surface area contributed by atoms with Gasteiger partial charge in [-0.05, 0) is 12.1 Å². The topological polar surface area (TPSA) is 100 Å². The van der Waals surface area contributed by atoms with Gasteiger partial charge in [-0.25, -0.2) is 4.98 Å². The molecule has 0 radical (unpaired) electrons. The lowest BCUT2D eigenvalue weighted by atomic mass is 10.3. The van der Waals surface area contributed by atoms with E-state index in [1.54, 1.807) is 0 Å². The second-order valence-electron chi connectivity index (χ2n) is 4.25. The molecule has 0 saturated carbocycles. The number of imide groups is 1. The molecule has 1 aromatic heterocycles. The third kappa shape index (κ3) is 3.14. The van der Waals surface area contributed by atoms with E-state index in [0.717, 1.165) is 22.0 Å². The van der Waals surface area contributed by atoms with Crippen LogP contribution in [0.25, 0.3) is 10.2 Å². The molecule has 3 amide bonds. The average molecular weight is 322 g/mol. The highest BCUT2D eigenvalue weighted by molar-refractivity contribution is 8.15. The van der Waals surface area contributed by atoms with Gasteiger partial charge in [0, 0.05) is 6.42 Å². The molecule has 1 atom stereocenters. The van der Waals surface area contributed by atoms with Gasteiger partial charge in [-0.1, -0.05) is 35.2 Å². The second kappa shape index (κ2) is 5.70. The number of anilines is 1. The van der Waals surface area contributed by atoms with E-state index in [1.165, 1.54) is 11.3 Å². The zero-order valence-corrected chi connectivity index (χ0v) is 12.2. The molecule has 3 rings (SSSR count). The summed E-state index contributed by atoms with van der Waals surface area (Å²) in [7, 11) is 0. The summed E-state index contributed by atoms with van der Waals surface area (Å²) in [5.41, 5.74) is 6.04. The summed E-state index contributed by atoms with van der Waals surface area (Å²) < 4.78 is 1.01. The lowest BCUT2D eigenvalue weighted by molar-refractivity contribution is -0.124. The molecule has 1 fully saturated rings. The Hall–Kier alpha value is -2.13. The van der Waals surface area contributed by atoms with Gasteiger partial charge in [0.05, 0.1) is 10.2 Å². The number of para-hydroxylation sites is 1. The first-order valence-electron chi connectivity index (χ1n) is 6.04. The van der Waals surface area contributed by atoms with Crippen LogP contribution < -0.4 is 16.2 Å². The fourth-order valence-electron chi connectivity index (χ4n) is 1.80. The van der Waals surface area contributed by atoms with Crippen LogP contribution in [-0.2, 0) is 9.59 Å². The van der Waals surface area contributed by atoms with E-state index in [0.29, 0.717) is 5.13 Å². The molecule has 0 bridgehead atoms. The van der Waals surface area contributed by atoms with E-state index in [2.05, 4.69) is 21.2 Å². The van der Waals surface area contributed by atoms with Gasteiger partial charge in [0.25, 0.3) is 5.24 Å². The van der Waals surface area contributed by atoms with Crippen LogP contribution >= 0.6 is 23.1 Å². The molecule has 1 aromatic carbocycles. The van der Waals surface area contributed by atoms with Crippen molar-refractivity contribution >= 4 is 55.5 Å². The number of hydrogen-bond donors (Lipinski definition) is 3. The Bertz CT molecular complexity index is 697. The number of nitrogens with zero attached hydrogens (tertiary/aromatic N) is 1. The monoisotopic (exact) mass is 322 g/mol. The van der Waals surface area contributed by atoms with Gasteiger partial charge in [0.1, 0.15) is 5.25 Å². The summed E-state index contributed by atoms with van der Waals surface area (Å²) in [5, 5.41) is 1.61. The standard InChI is InChI=1S/C12H10N4O3S2/c17-9(5-8-10(18)14-12(19)21-8)15-16-11-13-6-3-1-2-4-7(6)20-11/h1-4,8H,5H2,(H,13,16)(H,15,17)(H,14,18,19)/t8-/m0/s1. The van der Waals surface area contributed by atoms with E-state index in [9.17, 15) is 14.4 Å². The molecule has 0 aliphatic carbocycles. The highest BCUT2D eigenvalue weighted by atomic mass is 32.2. The maximum absolute atomic E-state index is 11.7. The molecule has 1 saturated heterocycles. The number of nitrogens with one attached hydrogen (secondary N) is 3. The molecule has 2 heterocycles. The highest BCUT2D eigenvalue weighted by Crippen LogP contribution is 2.25. The molecule has 7 nitrogen and oxygen atoms in total. The number of benzene rings is 1. The van der Waals surface area contributed by atoms with Crippen molar-refractivity contribution in [2.75, 3.05) is 5.43 Å². The van der Waals surface area contributed by atoms with Crippen LogP contribution in [0.1, 0.15) is 6.42 Å². The Morgan fingerprint density at radius 2 is 2.14 bits per heavy atom. The number of hydrogen-bond acceptors (Lipinski definition) is 7. The smallest absolute Gasteiger partial charge is 0.286 e. The van der Waals surface area contributed by atoms with Crippen LogP contribution in [0.5, 0.6) is 0 Å². The highest BCUT2D eigenvalue weighted by Gasteiger charge is 2.33. The summed E-state index contributed by atoms with van der Waals surface area (Å²) in [4.78, 5) is 38.4.